The lowest BCUT2D eigenvalue weighted by atomic mass is 10.0. The molecule has 0 aliphatic heterocycles. The Morgan fingerprint density at radius 2 is 1.65 bits per heavy atom. The van der Waals surface area contributed by atoms with Crippen LogP contribution in [-0.4, -0.2) is 35.9 Å². The number of carbonyl (C=O) groups excluding carboxylic acids is 2. The summed E-state index contributed by atoms with van der Waals surface area (Å²) in [4.78, 5) is 24.7. The molecule has 40 heavy (non-hydrogen) atoms. The Labute approximate surface area is 228 Å². The zero-order valence-corrected chi connectivity index (χ0v) is 21.8. The minimum absolute atomic E-state index is 0.0928. The van der Waals surface area contributed by atoms with Gasteiger partial charge in [-0.3, -0.25) is 9.59 Å². The molecule has 0 atom stereocenters. The highest BCUT2D eigenvalue weighted by Gasteiger charge is 2.25. The third-order valence-electron chi connectivity index (χ3n) is 5.97. The second kappa shape index (κ2) is 11.2. The number of furan rings is 1. The number of benzene rings is 3. The number of nitrogens with zero attached hydrogens (tertiary/aromatic N) is 2. The summed E-state index contributed by atoms with van der Waals surface area (Å²) in [5.74, 6) is -0.204. The van der Waals surface area contributed by atoms with Gasteiger partial charge in [-0.25, -0.2) is 4.39 Å². The molecule has 0 aliphatic rings. The molecule has 5 aromatic rings. The first-order valence-corrected chi connectivity index (χ1v) is 12.1. The van der Waals surface area contributed by atoms with E-state index >= 15 is 0 Å². The molecule has 0 fully saturated rings. The van der Waals surface area contributed by atoms with Gasteiger partial charge < -0.3 is 23.9 Å². The maximum Gasteiger partial charge on any atom is 0.309 e. The summed E-state index contributed by atoms with van der Waals surface area (Å²) in [6.45, 7) is 1.27. The number of methoxy groups -OCH3 is 2. The van der Waals surface area contributed by atoms with Gasteiger partial charge in [0.15, 0.2) is 17.3 Å². The lowest BCUT2D eigenvalue weighted by Gasteiger charge is -2.11. The molecule has 3 aromatic carbocycles. The maximum atomic E-state index is 14.2. The van der Waals surface area contributed by atoms with Crippen molar-refractivity contribution in [2.75, 3.05) is 19.5 Å². The van der Waals surface area contributed by atoms with Crippen LogP contribution in [0, 0.1) is 5.82 Å². The van der Waals surface area contributed by atoms with Crippen molar-refractivity contribution in [3.63, 3.8) is 0 Å². The SMILES string of the molecule is COc1ccc(-c2nn(-c3cccc(F)c3)c(OC(C)=O)c2-c2ccc(NC(=O)c3ccco3)cc2)cc1OC. The highest BCUT2D eigenvalue weighted by atomic mass is 19.1. The molecule has 0 radical (unpaired) electrons. The van der Waals surface area contributed by atoms with E-state index in [0.29, 0.717) is 45.3 Å². The topological polar surface area (TPSA) is 105 Å². The first-order valence-electron chi connectivity index (χ1n) is 12.1. The lowest BCUT2D eigenvalue weighted by Crippen LogP contribution is -2.10. The highest BCUT2D eigenvalue weighted by Crippen LogP contribution is 2.43. The Hall–Kier alpha value is -5.38. The number of nitrogens with one attached hydrogen (secondary N) is 1. The summed E-state index contributed by atoms with van der Waals surface area (Å²) in [6.07, 6.45) is 1.42. The Bertz CT molecular complexity index is 1680. The number of esters is 1. The maximum absolute atomic E-state index is 14.2. The number of halogens is 1. The molecule has 10 heteroatoms. The average molecular weight is 542 g/mol. The highest BCUT2D eigenvalue weighted by molar-refractivity contribution is 6.02. The summed E-state index contributed by atoms with van der Waals surface area (Å²) >= 11 is 0. The normalized spacial score (nSPS) is 10.7. The smallest absolute Gasteiger partial charge is 0.309 e. The summed E-state index contributed by atoms with van der Waals surface area (Å²) in [5.41, 5.74) is 3.03. The fraction of sp³-hybridized carbons (Fsp3) is 0.100. The summed E-state index contributed by atoms with van der Waals surface area (Å²) in [7, 11) is 3.06. The molecule has 202 valence electrons. The van der Waals surface area contributed by atoms with Crippen LogP contribution in [0.4, 0.5) is 10.1 Å². The Morgan fingerprint density at radius 1 is 0.900 bits per heavy atom. The molecule has 5 rings (SSSR count). The van der Waals surface area contributed by atoms with E-state index in [1.807, 2.05) is 0 Å². The molecule has 2 heterocycles. The molecular weight excluding hydrogens is 517 g/mol. The Kier molecular flexibility index (Phi) is 7.32. The van der Waals surface area contributed by atoms with Crippen LogP contribution in [-0.2, 0) is 4.79 Å². The Morgan fingerprint density at radius 3 is 2.30 bits per heavy atom. The first-order chi connectivity index (χ1) is 19.4. The number of anilines is 1. The molecule has 1 amide bonds. The van der Waals surface area contributed by atoms with Crippen LogP contribution in [0.3, 0.4) is 0 Å². The van der Waals surface area contributed by atoms with Crippen molar-refractivity contribution in [2.45, 2.75) is 6.92 Å². The van der Waals surface area contributed by atoms with Crippen LogP contribution in [0.25, 0.3) is 28.1 Å². The fourth-order valence-electron chi connectivity index (χ4n) is 4.18. The van der Waals surface area contributed by atoms with E-state index in [0.717, 1.165) is 0 Å². The average Bonchev–Trinajstić information content (AvgIpc) is 3.62. The molecule has 9 nitrogen and oxygen atoms in total. The van der Waals surface area contributed by atoms with Crippen LogP contribution in [0.5, 0.6) is 17.4 Å². The minimum Gasteiger partial charge on any atom is -0.493 e. The van der Waals surface area contributed by atoms with Crippen molar-refractivity contribution >= 4 is 17.6 Å². The molecule has 0 spiro atoms. The van der Waals surface area contributed by atoms with E-state index in [-0.39, 0.29) is 11.6 Å². The number of aromatic nitrogens is 2. The predicted molar refractivity (Wildman–Crippen MR) is 145 cm³/mol. The van der Waals surface area contributed by atoms with Crippen LogP contribution < -0.4 is 19.5 Å². The number of hydrogen-bond donors (Lipinski definition) is 1. The summed E-state index contributed by atoms with van der Waals surface area (Å²) < 4.78 is 37.3. The first kappa shape index (κ1) is 26.2. The molecule has 1 N–H and O–H groups in total. The second-order valence-corrected chi connectivity index (χ2v) is 8.59. The van der Waals surface area contributed by atoms with Crippen molar-refractivity contribution < 1.29 is 32.6 Å². The number of carbonyl (C=O) groups is 2. The van der Waals surface area contributed by atoms with E-state index in [4.69, 9.17) is 23.7 Å². The number of rotatable bonds is 8. The van der Waals surface area contributed by atoms with E-state index in [1.54, 1.807) is 60.7 Å². The number of ether oxygens (including phenoxy) is 3. The molecule has 0 saturated carbocycles. The van der Waals surface area contributed by atoms with Crippen molar-refractivity contribution in [3.05, 3.63) is 96.7 Å². The fourth-order valence-corrected chi connectivity index (χ4v) is 4.18. The van der Waals surface area contributed by atoms with Crippen molar-refractivity contribution in [2.24, 2.45) is 0 Å². The summed E-state index contributed by atoms with van der Waals surface area (Å²) in [5, 5.41) is 7.52. The molecular formula is C30H24FN3O6. The van der Waals surface area contributed by atoms with Gasteiger partial charge in [-0.2, -0.15) is 9.78 Å². The molecule has 0 unspecified atom stereocenters. The van der Waals surface area contributed by atoms with Gasteiger partial charge >= 0.3 is 5.97 Å². The van der Waals surface area contributed by atoms with Crippen molar-refractivity contribution in [1.29, 1.82) is 0 Å². The monoisotopic (exact) mass is 541 g/mol. The quantitative estimate of drug-likeness (QED) is 0.236. The van der Waals surface area contributed by atoms with Crippen LogP contribution >= 0.6 is 0 Å². The van der Waals surface area contributed by atoms with Gasteiger partial charge in [0.05, 0.1) is 31.7 Å². The van der Waals surface area contributed by atoms with Crippen molar-refractivity contribution in [3.8, 4) is 45.5 Å². The Balaban J connectivity index is 1.67. The van der Waals surface area contributed by atoms with Gasteiger partial charge in [0.2, 0.25) is 5.88 Å². The zero-order chi connectivity index (χ0) is 28.2. The van der Waals surface area contributed by atoms with E-state index in [2.05, 4.69) is 5.32 Å². The lowest BCUT2D eigenvalue weighted by molar-refractivity contribution is -0.132. The predicted octanol–water partition coefficient (Wildman–Crippen LogP) is 6.13. The van der Waals surface area contributed by atoms with Gasteiger partial charge in [-0.15, -0.1) is 0 Å². The minimum atomic E-state index is -0.583. The second-order valence-electron chi connectivity index (χ2n) is 8.59. The van der Waals surface area contributed by atoms with Gasteiger partial charge in [0.1, 0.15) is 11.5 Å². The van der Waals surface area contributed by atoms with Crippen LogP contribution in [0.2, 0.25) is 0 Å². The van der Waals surface area contributed by atoms with Crippen LogP contribution in [0.15, 0.2) is 89.5 Å². The zero-order valence-electron chi connectivity index (χ0n) is 21.8. The van der Waals surface area contributed by atoms with E-state index in [1.165, 1.54) is 50.3 Å². The van der Waals surface area contributed by atoms with Crippen molar-refractivity contribution in [1.82, 2.24) is 9.78 Å². The molecule has 2 aromatic heterocycles. The largest absolute Gasteiger partial charge is 0.493 e. The van der Waals surface area contributed by atoms with E-state index in [9.17, 15) is 14.0 Å². The van der Waals surface area contributed by atoms with Gasteiger partial charge in [0.25, 0.3) is 5.91 Å². The van der Waals surface area contributed by atoms with Gasteiger partial charge in [0, 0.05) is 18.2 Å². The van der Waals surface area contributed by atoms with Gasteiger partial charge in [-0.05, 0) is 66.2 Å². The number of hydrogen-bond acceptors (Lipinski definition) is 7. The third-order valence-corrected chi connectivity index (χ3v) is 5.97. The van der Waals surface area contributed by atoms with Crippen LogP contribution in [0.1, 0.15) is 17.5 Å². The summed E-state index contributed by atoms with van der Waals surface area (Å²) in [6, 6.07) is 21.1. The third kappa shape index (κ3) is 5.28. The van der Waals surface area contributed by atoms with Gasteiger partial charge in [-0.1, -0.05) is 18.2 Å². The molecule has 0 aliphatic carbocycles. The van der Waals surface area contributed by atoms with E-state index < -0.39 is 17.7 Å². The molecule has 0 bridgehead atoms. The molecule has 0 saturated heterocycles. The standard InChI is InChI=1S/C30H24FN3O6/c1-18(35)40-30-27(19-9-12-22(13-10-19)32-29(36)25-8-5-15-39-25)28(20-11-14-24(37-2)26(16-20)38-3)33-34(30)23-7-4-6-21(31)17-23/h4-17H,1-3H3,(H,32,36). The number of amides is 1.